The monoisotopic (exact) mass is 235 g/mol. The highest BCUT2D eigenvalue weighted by atomic mass is 16.5. The molecule has 0 spiro atoms. The summed E-state index contributed by atoms with van der Waals surface area (Å²) in [5.41, 5.74) is 0.915. The Kier molecular flexibility index (Phi) is 5.23. The molecule has 4 heteroatoms. The van der Waals surface area contributed by atoms with Crippen LogP contribution in [0, 0.1) is 0 Å². The first-order valence-electron chi connectivity index (χ1n) is 5.40. The summed E-state index contributed by atoms with van der Waals surface area (Å²) < 4.78 is 5.03. The number of carbonyl (C=O) groups is 1. The van der Waals surface area contributed by atoms with Crippen LogP contribution in [0.2, 0.25) is 0 Å². The molecule has 0 fully saturated rings. The topological polar surface area (TPSA) is 58.6 Å². The van der Waals surface area contributed by atoms with Gasteiger partial charge in [0, 0.05) is 12.6 Å². The van der Waals surface area contributed by atoms with Crippen molar-refractivity contribution in [1.82, 2.24) is 5.32 Å². The van der Waals surface area contributed by atoms with Crippen molar-refractivity contribution in [1.29, 1.82) is 0 Å². The quantitative estimate of drug-likeness (QED) is 0.754. The molecule has 2 N–H and O–H groups in total. The molecule has 0 bridgehead atoms. The van der Waals surface area contributed by atoms with Crippen LogP contribution in [0.4, 0.5) is 0 Å². The third-order valence-electron chi connectivity index (χ3n) is 2.11. The number of benzene rings is 1. The minimum absolute atomic E-state index is 0.221. The van der Waals surface area contributed by atoms with E-state index in [1.54, 1.807) is 20.1 Å². The summed E-state index contributed by atoms with van der Waals surface area (Å²) in [6.45, 7) is 1.87. The largest absolute Gasteiger partial charge is 0.497 e. The zero-order valence-corrected chi connectivity index (χ0v) is 10.0. The first kappa shape index (κ1) is 13.3. The maximum atomic E-state index is 11.3. The Morgan fingerprint density at radius 2 is 2.12 bits per heavy atom. The molecule has 0 saturated carbocycles. The van der Waals surface area contributed by atoms with Gasteiger partial charge in [0.25, 0.3) is 0 Å². The van der Waals surface area contributed by atoms with Crippen LogP contribution in [-0.2, 0) is 4.79 Å². The fourth-order valence-electron chi connectivity index (χ4n) is 1.19. The Hall–Kier alpha value is -1.81. The van der Waals surface area contributed by atoms with Gasteiger partial charge in [-0.3, -0.25) is 4.79 Å². The van der Waals surface area contributed by atoms with Gasteiger partial charge in [-0.25, -0.2) is 0 Å². The molecule has 0 saturated heterocycles. The van der Waals surface area contributed by atoms with Crippen LogP contribution in [0.3, 0.4) is 0 Å². The number of ether oxygens (including phenoxy) is 1. The molecule has 0 aliphatic carbocycles. The van der Waals surface area contributed by atoms with Crippen molar-refractivity contribution in [2.24, 2.45) is 0 Å². The van der Waals surface area contributed by atoms with Crippen molar-refractivity contribution in [3.63, 3.8) is 0 Å². The first-order valence-corrected chi connectivity index (χ1v) is 5.40. The summed E-state index contributed by atoms with van der Waals surface area (Å²) in [7, 11) is 1.61. The fourth-order valence-corrected chi connectivity index (χ4v) is 1.19. The number of methoxy groups -OCH3 is 1. The molecule has 4 nitrogen and oxygen atoms in total. The number of aliphatic hydroxyl groups is 1. The lowest BCUT2D eigenvalue weighted by Gasteiger charge is -2.03. The van der Waals surface area contributed by atoms with E-state index in [2.05, 4.69) is 5.32 Å². The van der Waals surface area contributed by atoms with Gasteiger partial charge in [-0.15, -0.1) is 0 Å². The van der Waals surface area contributed by atoms with E-state index in [0.717, 1.165) is 11.3 Å². The third-order valence-corrected chi connectivity index (χ3v) is 2.11. The van der Waals surface area contributed by atoms with Crippen molar-refractivity contribution in [2.45, 2.75) is 13.0 Å². The smallest absolute Gasteiger partial charge is 0.244 e. The average molecular weight is 235 g/mol. The van der Waals surface area contributed by atoms with E-state index in [9.17, 15) is 4.79 Å². The Morgan fingerprint density at radius 3 is 2.65 bits per heavy atom. The summed E-state index contributed by atoms with van der Waals surface area (Å²) >= 11 is 0. The molecule has 0 radical (unpaired) electrons. The average Bonchev–Trinajstić information content (AvgIpc) is 2.34. The van der Waals surface area contributed by atoms with Crippen LogP contribution >= 0.6 is 0 Å². The number of amides is 1. The molecule has 1 amide bonds. The van der Waals surface area contributed by atoms with Crippen LogP contribution < -0.4 is 10.1 Å². The molecule has 92 valence electrons. The second kappa shape index (κ2) is 6.70. The van der Waals surface area contributed by atoms with Gasteiger partial charge in [0.2, 0.25) is 5.91 Å². The maximum Gasteiger partial charge on any atom is 0.244 e. The van der Waals surface area contributed by atoms with Crippen molar-refractivity contribution >= 4 is 12.0 Å². The highest BCUT2D eigenvalue weighted by molar-refractivity contribution is 5.91. The van der Waals surface area contributed by atoms with Crippen LogP contribution in [0.5, 0.6) is 5.75 Å². The molecule has 0 aliphatic rings. The van der Waals surface area contributed by atoms with Crippen molar-refractivity contribution in [3.05, 3.63) is 35.9 Å². The van der Waals surface area contributed by atoms with Crippen LogP contribution in [0.25, 0.3) is 6.08 Å². The van der Waals surface area contributed by atoms with Crippen LogP contribution in [0.15, 0.2) is 30.3 Å². The minimum Gasteiger partial charge on any atom is -0.497 e. The summed E-state index contributed by atoms with van der Waals surface area (Å²) in [6, 6.07) is 7.37. The van der Waals surface area contributed by atoms with E-state index >= 15 is 0 Å². The van der Waals surface area contributed by atoms with Gasteiger partial charge >= 0.3 is 0 Å². The third kappa shape index (κ3) is 5.17. The molecule has 1 rings (SSSR count). The van der Waals surface area contributed by atoms with Crippen LogP contribution in [0.1, 0.15) is 12.5 Å². The molecule has 0 unspecified atom stereocenters. The standard InChI is InChI=1S/C13H17NO3/c1-10(15)9-14-13(16)8-5-11-3-6-12(17-2)7-4-11/h3-8,10,15H,9H2,1-2H3,(H,14,16)/b8-5-/t10-/m0/s1. The zero-order chi connectivity index (χ0) is 12.7. The predicted molar refractivity (Wildman–Crippen MR) is 66.7 cm³/mol. The second-order valence-electron chi connectivity index (χ2n) is 3.70. The Balaban J connectivity index is 2.49. The predicted octanol–water partition coefficient (Wildman–Crippen LogP) is 1.21. The van der Waals surface area contributed by atoms with Gasteiger partial charge in [-0.1, -0.05) is 12.1 Å². The number of rotatable bonds is 5. The second-order valence-corrected chi connectivity index (χ2v) is 3.70. The molecular weight excluding hydrogens is 218 g/mol. The molecule has 0 aliphatic heterocycles. The number of hydrogen-bond donors (Lipinski definition) is 2. The van der Waals surface area contributed by atoms with Crippen LogP contribution in [-0.4, -0.2) is 30.8 Å². The Labute approximate surface area is 101 Å². The van der Waals surface area contributed by atoms with E-state index in [1.807, 2.05) is 24.3 Å². The number of nitrogens with one attached hydrogen (secondary N) is 1. The lowest BCUT2D eigenvalue weighted by molar-refractivity contribution is -0.116. The highest BCUT2D eigenvalue weighted by Crippen LogP contribution is 2.11. The minimum atomic E-state index is -0.534. The normalized spacial score (nSPS) is 12.4. The Bertz CT molecular complexity index is 382. The first-order chi connectivity index (χ1) is 8.11. The molecule has 0 aromatic heterocycles. The summed E-state index contributed by atoms with van der Waals surface area (Å²) in [5.74, 6) is 0.558. The summed E-state index contributed by atoms with van der Waals surface area (Å²) in [4.78, 5) is 11.3. The van der Waals surface area contributed by atoms with Gasteiger partial charge in [0.05, 0.1) is 13.2 Å². The van der Waals surface area contributed by atoms with Gasteiger partial charge < -0.3 is 15.2 Å². The molecular formula is C13H17NO3. The molecule has 0 heterocycles. The Morgan fingerprint density at radius 1 is 1.47 bits per heavy atom. The number of hydrogen-bond acceptors (Lipinski definition) is 3. The summed E-state index contributed by atoms with van der Waals surface area (Å²) in [6.07, 6.45) is 2.61. The highest BCUT2D eigenvalue weighted by Gasteiger charge is 1.98. The van der Waals surface area contributed by atoms with Gasteiger partial charge in [-0.05, 0) is 30.7 Å². The molecule has 1 aromatic rings. The molecule has 17 heavy (non-hydrogen) atoms. The summed E-state index contributed by atoms with van der Waals surface area (Å²) in [5, 5.41) is 11.6. The van der Waals surface area contributed by atoms with Gasteiger partial charge in [0.1, 0.15) is 5.75 Å². The van der Waals surface area contributed by atoms with Crippen molar-refractivity contribution < 1.29 is 14.6 Å². The number of carbonyl (C=O) groups excluding carboxylic acids is 1. The van der Waals surface area contributed by atoms with Gasteiger partial charge in [0.15, 0.2) is 0 Å². The zero-order valence-electron chi connectivity index (χ0n) is 10.0. The maximum absolute atomic E-state index is 11.3. The van der Waals surface area contributed by atoms with E-state index in [1.165, 1.54) is 6.08 Å². The van der Waals surface area contributed by atoms with E-state index < -0.39 is 6.10 Å². The van der Waals surface area contributed by atoms with E-state index in [4.69, 9.17) is 9.84 Å². The van der Waals surface area contributed by atoms with Gasteiger partial charge in [-0.2, -0.15) is 0 Å². The van der Waals surface area contributed by atoms with Crippen molar-refractivity contribution in [3.8, 4) is 5.75 Å². The lowest BCUT2D eigenvalue weighted by atomic mass is 10.2. The lowest BCUT2D eigenvalue weighted by Crippen LogP contribution is -2.28. The number of aliphatic hydroxyl groups excluding tert-OH is 1. The van der Waals surface area contributed by atoms with E-state index in [0.29, 0.717) is 0 Å². The SMILES string of the molecule is COc1ccc(/C=C\C(=O)NC[C@H](C)O)cc1. The molecule has 1 aromatic carbocycles. The van der Waals surface area contributed by atoms with Crippen molar-refractivity contribution in [2.75, 3.05) is 13.7 Å². The molecule has 1 atom stereocenters. The fraction of sp³-hybridized carbons (Fsp3) is 0.308. The van der Waals surface area contributed by atoms with E-state index in [-0.39, 0.29) is 12.5 Å².